The molecule has 0 aliphatic heterocycles. The largest absolute Gasteiger partial charge is 0.393 e. The number of carbonyl (C=O) groups is 1. The molecule has 1 aromatic carbocycles. The molecule has 1 amide bonds. The van der Waals surface area contributed by atoms with Gasteiger partial charge in [0.15, 0.2) is 0 Å². The summed E-state index contributed by atoms with van der Waals surface area (Å²) >= 11 is 4.96. The van der Waals surface area contributed by atoms with Crippen LogP contribution in [-0.2, 0) is 4.79 Å². The first-order valence-electron chi connectivity index (χ1n) is 6.25. The van der Waals surface area contributed by atoms with Crippen molar-refractivity contribution in [3.63, 3.8) is 0 Å². The second kappa shape index (κ2) is 6.61. The lowest BCUT2D eigenvalue weighted by Gasteiger charge is -2.28. The number of nitrogens with two attached hydrogens (primary N) is 1. The van der Waals surface area contributed by atoms with E-state index >= 15 is 0 Å². The van der Waals surface area contributed by atoms with E-state index in [9.17, 15) is 9.18 Å². The number of para-hydroxylation sites is 1. The second-order valence-electron chi connectivity index (χ2n) is 4.66. The Kier molecular flexibility index (Phi) is 5.42. The fourth-order valence-corrected chi connectivity index (χ4v) is 2.39. The van der Waals surface area contributed by atoms with Gasteiger partial charge in [-0.3, -0.25) is 4.79 Å². The maximum Gasteiger partial charge on any atom is 0.237 e. The maximum atomic E-state index is 13.8. The van der Waals surface area contributed by atoms with Crippen molar-refractivity contribution in [3.05, 3.63) is 30.1 Å². The number of benzene rings is 1. The molecular weight excluding hydrogens is 263 g/mol. The first-order chi connectivity index (χ1) is 8.90. The Balaban J connectivity index is 3.13. The molecule has 0 aliphatic carbocycles. The normalized spacial score (nSPS) is 12.3. The van der Waals surface area contributed by atoms with Crippen LogP contribution in [0.1, 0.15) is 20.8 Å². The van der Waals surface area contributed by atoms with Gasteiger partial charge in [-0.1, -0.05) is 38.2 Å². The Morgan fingerprint density at radius 3 is 2.42 bits per heavy atom. The highest BCUT2D eigenvalue weighted by molar-refractivity contribution is 7.80. The monoisotopic (exact) mass is 282 g/mol. The molecule has 0 spiro atoms. The van der Waals surface area contributed by atoms with Crippen molar-refractivity contribution in [1.82, 2.24) is 0 Å². The van der Waals surface area contributed by atoms with Gasteiger partial charge in [0, 0.05) is 6.54 Å². The first kappa shape index (κ1) is 15.6. The molecule has 1 rings (SSSR count). The molecule has 3 nitrogen and oxygen atoms in total. The number of thiocarbonyl (C=S) groups is 1. The van der Waals surface area contributed by atoms with Crippen molar-refractivity contribution >= 4 is 28.8 Å². The number of halogens is 1. The third kappa shape index (κ3) is 3.50. The Hall–Kier alpha value is -1.49. The topological polar surface area (TPSA) is 46.3 Å². The number of nitrogens with zero attached hydrogens (tertiary/aromatic N) is 1. The highest BCUT2D eigenvalue weighted by Gasteiger charge is 2.30. The van der Waals surface area contributed by atoms with Crippen LogP contribution in [0.25, 0.3) is 0 Å². The van der Waals surface area contributed by atoms with Gasteiger partial charge in [0.25, 0.3) is 0 Å². The predicted molar refractivity (Wildman–Crippen MR) is 79.5 cm³/mol. The van der Waals surface area contributed by atoms with Gasteiger partial charge in [-0.25, -0.2) is 4.39 Å². The van der Waals surface area contributed by atoms with Crippen LogP contribution in [0.15, 0.2) is 24.3 Å². The minimum atomic E-state index is -0.574. The van der Waals surface area contributed by atoms with Crippen LogP contribution in [0.3, 0.4) is 0 Å². The SMILES string of the molecule is CCN(C(=O)C(C(N)=S)C(C)C)c1ccccc1F. The van der Waals surface area contributed by atoms with Crippen molar-refractivity contribution in [1.29, 1.82) is 0 Å². The number of hydrogen-bond acceptors (Lipinski definition) is 2. The Bertz CT molecular complexity index is 476. The molecule has 0 fully saturated rings. The summed E-state index contributed by atoms with van der Waals surface area (Å²) in [5, 5.41) is 0. The molecule has 0 heterocycles. The van der Waals surface area contributed by atoms with Crippen LogP contribution in [0.4, 0.5) is 10.1 Å². The summed E-state index contributed by atoms with van der Waals surface area (Å²) in [6.07, 6.45) is 0. The van der Waals surface area contributed by atoms with Gasteiger partial charge >= 0.3 is 0 Å². The molecule has 0 aromatic heterocycles. The third-order valence-corrected chi connectivity index (χ3v) is 3.22. The van der Waals surface area contributed by atoms with E-state index in [1.807, 2.05) is 13.8 Å². The van der Waals surface area contributed by atoms with E-state index in [2.05, 4.69) is 0 Å². The number of amides is 1. The molecule has 0 saturated heterocycles. The van der Waals surface area contributed by atoms with E-state index < -0.39 is 11.7 Å². The van der Waals surface area contributed by atoms with Crippen LogP contribution < -0.4 is 10.6 Å². The van der Waals surface area contributed by atoms with Gasteiger partial charge in [0.2, 0.25) is 5.91 Å². The zero-order chi connectivity index (χ0) is 14.6. The van der Waals surface area contributed by atoms with E-state index in [4.69, 9.17) is 18.0 Å². The van der Waals surface area contributed by atoms with E-state index in [0.29, 0.717) is 6.54 Å². The fraction of sp³-hybridized carbons (Fsp3) is 0.429. The molecule has 0 bridgehead atoms. The van der Waals surface area contributed by atoms with Crippen molar-refractivity contribution in [2.45, 2.75) is 20.8 Å². The maximum absolute atomic E-state index is 13.8. The van der Waals surface area contributed by atoms with E-state index in [1.54, 1.807) is 25.1 Å². The smallest absolute Gasteiger partial charge is 0.237 e. The first-order valence-corrected chi connectivity index (χ1v) is 6.66. The van der Waals surface area contributed by atoms with Gasteiger partial charge in [0.1, 0.15) is 5.82 Å². The van der Waals surface area contributed by atoms with Crippen LogP contribution in [-0.4, -0.2) is 17.4 Å². The Morgan fingerprint density at radius 1 is 1.42 bits per heavy atom. The lowest BCUT2D eigenvalue weighted by molar-refractivity contribution is -0.121. The summed E-state index contributed by atoms with van der Waals surface area (Å²) in [7, 11) is 0. The zero-order valence-electron chi connectivity index (χ0n) is 11.4. The molecule has 1 atom stereocenters. The average Bonchev–Trinajstić information content (AvgIpc) is 2.31. The van der Waals surface area contributed by atoms with Gasteiger partial charge in [-0.15, -0.1) is 0 Å². The summed E-state index contributed by atoms with van der Waals surface area (Å²) in [6, 6.07) is 6.19. The van der Waals surface area contributed by atoms with Crippen molar-refractivity contribution in [3.8, 4) is 0 Å². The van der Waals surface area contributed by atoms with E-state index in [0.717, 1.165) is 0 Å². The van der Waals surface area contributed by atoms with Gasteiger partial charge in [0.05, 0.1) is 16.6 Å². The Labute approximate surface area is 118 Å². The van der Waals surface area contributed by atoms with Crippen LogP contribution in [0, 0.1) is 17.7 Å². The third-order valence-electron chi connectivity index (χ3n) is 2.96. The van der Waals surface area contributed by atoms with Crippen molar-refractivity contribution in [2.24, 2.45) is 17.6 Å². The molecule has 2 N–H and O–H groups in total. The van der Waals surface area contributed by atoms with Crippen LogP contribution >= 0.6 is 12.2 Å². The lowest BCUT2D eigenvalue weighted by atomic mass is 9.94. The highest BCUT2D eigenvalue weighted by atomic mass is 32.1. The van der Waals surface area contributed by atoms with Gasteiger partial charge in [-0.2, -0.15) is 0 Å². The number of hydrogen-bond donors (Lipinski definition) is 1. The fourth-order valence-electron chi connectivity index (χ4n) is 2.02. The lowest BCUT2D eigenvalue weighted by Crippen LogP contribution is -2.44. The molecular formula is C14H19FN2OS. The summed E-state index contributed by atoms with van der Waals surface area (Å²) in [4.78, 5) is 14.0. The number of rotatable bonds is 5. The molecule has 104 valence electrons. The summed E-state index contributed by atoms with van der Waals surface area (Å²) in [6.45, 7) is 5.90. The molecule has 1 aromatic rings. The zero-order valence-corrected chi connectivity index (χ0v) is 12.2. The molecule has 1 unspecified atom stereocenters. The Morgan fingerprint density at radius 2 is 2.00 bits per heavy atom. The minimum Gasteiger partial charge on any atom is -0.393 e. The summed E-state index contributed by atoms with van der Waals surface area (Å²) < 4.78 is 13.8. The second-order valence-corrected chi connectivity index (χ2v) is 5.13. The highest BCUT2D eigenvalue weighted by Crippen LogP contribution is 2.23. The van der Waals surface area contributed by atoms with Crippen LogP contribution in [0.5, 0.6) is 0 Å². The number of anilines is 1. The van der Waals surface area contributed by atoms with Crippen molar-refractivity contribution in [2.75, 3.05) is 11.4 Å². The molecule has 19 heavy (non-hydrogen) atoms. The predicted octanol–water partition coefficient (Wildman–Crippen LogP) is 2.74. The minimum absolute atomic E-state index is 0.0224. The van der Waals surface area contributed by atoms with Crippen molar-refractivity contribution < 1.29 is 9.18 Å². The molecule has 0 saturated carbocycles. The van der Waals surface area contributed by atoms with E-state index in [-0.39, 0.29) is 22.5 Å². The summed E-state index contributed by atoms with van der Waals surface area (Å²) in [5.74, 6) is -1.28. The summed E-state index contributed by atoms with van der Waals surface area (Å²) in [5.41, 5.74) is 5.90. The van der Waals surface area contributed by atoms with Gasteiger partial charge < -0.3 is 10.6 Å². The molecule has 5 heteroatoms. The van der Waals surface area contributed by atoms with Gasteiger partial charge in [-0.05, 0) is 25.0 Å². The molecule has 0 aliphatic rings. The van der Waals surface area contributed by atoms with Crippen LogP contribution in [0.2, 0.25) is 0 Å². The number of carbonyl (C=O) groups excluding carboxylic acids is 1. The standard InChI is InChI=1S/C14H19FN2OS/c1-4-17(11-8-6-5-7-10(11)15)14(18)12(9(2)3)13(16)19/h5-9,12H,4H2,1-3H3,(H2,16,19). The molecule has 0 radical (unpaired) electrons. The average molecular weight is 282 g/mol. The quantitative estimate of drug-likeness (QED) is 0.845. The van der Waals surface area contributed by atoms with E-state index in [1.165, 1.54) is 11.0 Å².